The fraction of sp³-hybridized carbons (Fsp3) is 0. The molecule has 0 aliphatic rings. The van der Waals surface area contributed by atoms with Crippen molar-refractivity contribution in [3.63, 3.8) is 0 Å². The molecule has 0 bridgehead atoms. The number of oxazole rings is 1. The number of aromatic nitrogens is 2. The third-order valence-corrected chi connectivity index (χ3v) is 3.37. The fourth-order valence-corrected chi connectivity index (χ4v) is 2.30. The molecule has 2 heterocycles. The van der Waals surface area contributed by atoms with Crippen molar-refractivity contribution in [1.82, 2.24) is 9.55 Å². The molecular formula is C17H11FN2O. The lowest BCUT2D eigenvalue weighted by Crippen LogP contribution is -1.87. The predicted octanol–water partition coefficient (Wildman–Crippen LogP) is 4.42. The number of fused-ring (bicyclic) bond motifs is 1. The van der Waals surface area contributed by atoms with Crippen molar-refractivity contribution >= 4 is 11.1 Å². The van der Waals surface area contributed by atoms with Gasteiger partial charge in [-0.3, -0.25) is 0 Å². The third-order valence-electron chi connectivity index (χ3n) is 3.37. The number of benzene rings is 2. The lowest BCUT2D eigenvalue weighted by atomic mass is 10.2. The zero-order valence-electron chi connectivity index (χ0n) is 11.0. The summed E-state index contributed by atoms with van der Waals surface area (Å²) in [6, 6.07) is 15.9. The van der Waals surface area contributed by atoms with Crippen molar-refractivity contribution in [3.05, 3.63) is 72.8 Å². The van der Waals surface area contributed by atoms with E-state index in [9.17, 15) is 4.39 Å². The van der Waals surface area contributed by atoms with E-state index in [4.69, 9.17) is 4.42 Å². The number of nitrogens with zero attached hydrogens (tertiary/aromatic N) is 2. The molecule has 3 nitrogen and oxygen atoms in total. The summed E-state index contributed by atoms with van der Waals surface area (Å²) in [6.45, 7) is 0. The molecule has 0 fully saturated rings. The summed E-state index contributed by atoms with van der Waals surface area (Å²) < 4.78 is 20.7. The van der Waals surface area contributed by atoms with Crippen LogP contribution in [0.3, 0.4) is 0 Å². The van der Waals surface area contributed by atoms with Crippen molar-refractivity contribution in [3.8, 4) is 17.1 Å². The van der Waals surface area contributed by atoms with Crippen LogP contribution in [-0.4, -0.2) is 9.55 Å². The van der Waals surface area contributed by atoms with Crippen LogP contribution in [0.5, 0.6) is 0 Å². The summed E-state index contributed by atoms with van der Waals surface area (Å²) >= 11 is 0. The maximum Gasteiger partial charge on any atom is 0.227 e. The SMILES string of the molecule is Fc1ccc(-c2nc3ccc(-n4cccc4)cc3o2)cc1. The summed E-state index contributed by atoms with van der Waals surface area (Å²) in [6.07, 6.45) is 3.94. The van der Waals surface area contributed by atoms with Gasteiger partial charge in [-0.25, -0.2) is 9.37 Å². The number of hydrogen-bond acceptors (Lipinski definition) is 2. The molecule has 0 unspecified atom stereocenters. The van der Waals surface area contributed by atoms with Gasteiger partial charge in [0, 0.05) is 29.7 Å². The molecule has 102 valence electrons. The summed E-state index contributed by atoms with van der Waals surface area (Å²) in [5.41, 5.74) is 3.26. The van der Waals surface area contributed by atoms with Gasteiger partial charge in [-0.05, 0) is 48.5 Å². The molecule has 4 aromatic rings. The van der Waals surface area contributed by atoms with Crippen molar-refractivity contribution < 1.29 is 8.81 Å². The van der Waals surface area contributed by atoms with Gasteiger partial charge in [-0.15, -0.1) is 0 Å². The molecule has 0 saturated heterocycles. The minimum Gasteiger partial charge on any atom is -0.436 e. The Morgan fingerprint density at radius 3 is 2.48 bits per heavy atom. The summed E-state index contributed by atoms with van der Waals surface area (Å²) in [7, 11) is 0. The molecule has 0 radical (unpaired) electrons. The van der Waals surface area contributed by atoms with Gasteiger partial charge in [-0.1, -0.05) is 0 Å². The topological polar surface area (TPSA) is 31.0 Å². The minimum atomic E-state index is -0.273. The van der Waals surface area contributed by atoms with Crippen LogP contribution in [0, 0.1) is 5.82 Å². The van der Waals surface area contributed by atoms with E-state index in [2.05, 4.69) is 4.98 Å². The second-order valence-corrected chi connectivity index (χ2v) is 4.77. The fourth-order valence-electron chi connectivity index (χ4n) is 2.30. The Hall–Kier alpha value is -2.88. The molecule has 0 aliphatic carbocycles. The standard InChI is InChI=1S/C17H11FN2O/c18-13-5-3-12(4-6-13)17-19-15-8-7-14(11-16(15)21-17)20-9-1-2-10-20/h1-11H. The van der Waals surface area contributed by atoms with Gasteiger partial charge in [-0.2, -0.15) is 0 Å². The van der Waals surface area contributed by atoms with Crippen LogP contribution in [0.2, 0.25) is 0 Å². The second-order valence-electron chi connectivity index (χ2n) is 4.77. The van der Waals surface area contributed by atoms with E-state index in [1.807, 2.05) is 47.3 Å². The van der Waals surface area contributed by atoms with E-state index in [1.165, 1.54) is 12.1 Å². The summed E-state index contributed by atoms with van der Waals surface area (Å²) in [5, 5.41) is 0. The Morgan fingerprint density at radius 2 is 1.71 bits per heavy atom. The molecule has 0 spiro atoms. The second kappa shape index (κ2) is 4.59. The van der Waals surface area contributed by atoms with E-state index >= 15 is 0 Å². The average Bonchev–Trinajstić information content (AvgIpc) is 3.16. The lowest BCUT2D eigenvalue weighted by Gasteiger charge is -2.00. The van der Waals surface area contributed by atoms with E-state index < -0.39 is 0 Å². The van der Waals surface area contributed by atoms with Crippen LogP contribution in [0.15, 0.2) is 71.4 Å². The average molecular weight is 278 g/mol. The Balaban J connectivity index is 1.81. The molecule has 2 aromatic heterocycles. The third kappa shape index (κ3) is 2.10. The number of hydrogen-bond donors (Lipinski definition) is 0. The zero-order valence-corrected chi connectivity index (χ0v) is 11.0. The van der Waals surface area contributed by atoms with E-state index in [0.29, 0.717) is 11.5 Å². The van der Waals surface area contributed by atoms with Crippen molar-refractivity contribution in [2.45, 2.75) is 0 Å². The first-order chi connectivity index (χ1) is 10.3. The van der Waals surface area contributed by atoms with Gasteiger partial charge in [0.05, 0.1) is 0 Å². The van der Waals surface area contributed by atoms with Gasteiger partial charge < -0.3 is 8.98 Å². The lowest BCUT2D eigenvalue weighted by molar-refractivity contribution is 0.616. The van der Waals surface area contributed by atoms with Gasteiger partial charge in [0.25, 0.3) is 0 Å². The van der Waals surface area contributed by atoms with Gasteiger partial charge in [0.15, 0.2) is 5.58 Å². The molecule has 0 aliphatic heterocycles. The quantitative estimate of drug-likeness (QED) is 0.543. The highest BCUT2D eigenvalue weighted by atomic mass is 19.1. The molecule has 0 amide bonds. The molecule has 4 heteroatoms. The first-order valence-corrected chi connectivity index (χ1v) is 6.59. The van der Waals surface area contributed by atoms with Crippen LogP contribution in [-0.2, 0) is 0 Å². The Bertz CT molecular complexity index is 892. The normalized spacial score (nSPS) is 11.1. The molecule has 21 heavy (non-hydrogen) atoms. The number of rotatable bonds is 2. The van der Waals surface area contributed by atoms with Crippen LogP contribution in [0.25, 0.3) is 28.2 Å². The molecule has 0 saturated carbocycles. The first kappa shape index (κ1) is 11.9. The van der Waals surface area contributed by atoms with Crippen molar-refractivity contribution in [1.29, 1.82) is 0 Å². The van der Waals surface area contributed by atoms with Gasteiger partial charge in [0.2, 0.25) is 5.89 Å². The van der Waals surface area contributed by atoms with Gasteiger partial charge >= 0.3 is 0 Å². The zero-order chi connectivity index (χ0) is 14.2. The van der Waals surface area contributed by atoms with E-state index in [1.54, 1.807) is 12.1 Å². The van der Waals surface area contributed by atoms with Gasteiger partial charge in [0.1, 0.15) is 11.3 Å². The molecule has 4 rings (SSSR count). The monoisotopic (exact) mass is 278 g/mol. The Kier molecular flexibility index (Phi) is 2.60. The Labute approximate surface area is 120 Å². The molecule has 0 atom stereocenters. The number of halogens is 1. The Morgan fingerprint density at radius 1 is 0.952 bits per heavy atom. The summed E-state index contributed by atoms with van der Waals surface area (Å²) in [5.74, 6) is 0.222. The van der Waals surface area contributed by atoms with Crippen molar-refractivity contribution in [2.24, 2.45) is 0 Å². The smallest absolute Gasteiger partial charge is 0.227 e. The summed E-state index contributed by atoms with van der Waals surface area (Å²) in [4.78, 5) is 4.44. The molecule has 2 aromatic carbocycles. The highest BCUT2D eigenvalue weighted by Crippen LogP contribution is 2.26. The molecule has 0 N–H and O–H groups in total. The highest BCUT2D eigenvalue weighted by molar-refractivity contribution is 5.78. The maximum atomic E-state index is 13.0. The molecular weight excluding hydrogens is 267 g/mol. The van der Waals surface area contributed by atoms with Crippen LogP contribution in [0.1, 0.15) is 0 Å². The minimum absolute atomic E-state index is 0.273. The van der Waals surface area contributed by atoms with Crippen LogP contribution >= 0.6 is 0 Å². The van der Waals surface area contributed by atoms with E-state index in [0.717, 1.165) is 16.8 Å². The first-order valence-electron chi connectivity index (χ1n) is 6.59. The van der Waals surface area contributed by atoms with Crippen LogP contribution < -0.4 is 0 Å². The highest BCUT2D eigenvalue weighted by Gasteiger charge is 2.09. The van der Waals surface area contributed by atoms with Crippen molar-refractivity contribution in [2.75, 3.05) is 0 Å². The van der Waals surface area contributed by atoms with Crippen LogP contribution in [0.4, 0.5) is 4.39 Å². The maximum absolute atomic E-state index is 13.0. The largest absolute Gasteiger partial charge is 0.436 e. The van der Waals surface area contributed by atoms with E-state index in [-0.39, 0.29) is 5.82 Å². The predicted molar refractivity (Wildman–Crippen MR) is 78.7 cm³/mol.